The van der Waals surface area contributed by atoms with Crippen LogP contribution in [-0.4, -0.2) is 21.1 Å². The molecule has 0 heterocycles. The molecule has 1 aromatic carbocycles. The lowest BCUT2D eigenvalue weighted by Gasteiger charge is -2.08. The molecule has 0 bridgehead atoms. The van der Waals surface area contributed by atoms with Crippen LogP contribution in [0.3, 0.4) is 0 Å². The van der Waals surface area contributed by atoms with E-state index in [2.05, 4.69) is 4.74 Å². The number of hydrogen-bond donors (Lipinski definition) is 2. The van der Waals surface area contributed by atoms with Crippen molar-refractivity contribution in [1.29, 1.82) is 0 Å². The molecule has 6 nitrogen and oxygen atoms in total. The van der Waals surface area contributed by atoms with E-state index in [0.717, 1.165) is 6.07 Å². The molecule has 0 spiro atoms. The molecule has 100 valence electrons. The molecule has 0 aromatic heterocycles. The number of amides is 1. The monoisotopic (exact) mass is 280 g/mol. The van der Waals surface area contributed by atoms with Gasteiger partial charge in [-0.3, -0.25) is 0 Å². The predicted octanol–water partition coefficient (Wildman–Crippen LogP) is 0.904. The largest absolute Gasteiger partial charge is 0.449 e. The first-order valence-corrected chi connectivity index (χ1v) is 6.24. The third-order valence-corrected chi connectivity index (χ3v) is 3.01. The van der Waals surface area contributed by atoms with Crippen LogP contribution in [0.1, 0.15) is 6.92 Å². The topological polar surface area (TPSA) is 84.5 Å². The molecule has 9 heteroatoms. The van der Waals surface area contributed by atoms with Crippen molar-refractivity contribution in [3.8, 4) is 0 Å². The minimum atomic E-state index is -4.18. The standard InChI is InChI=1S/C9H10F2N2O4S/c1-2-17-9(14)12-13-18(15,16)6-3-4-7(10)8(11)5-6/h3-5,13H,2H2,1H3,(H,12,14). The Bertz CT molecular complexity index is 547. The number of ether oxygens (including phenoxy) is 1. The maximum Gasteiger partial charge on any atom is 0.422 e. The molecule has 0 aliphatic carbocycles. The van der Waals surface area contributed by atoms with Crippen LogP contribution >= 0.6 is 0 Å². The molecular weight excluding hydrogens is 270 g/mol. The van der Waals surface area contributed by atoms with Crippen LogP contribution in [-0.2, 0) is 14.8 Å². The molecule has 0 unspecified atom stereocenters. The lowest BCUT2D eigenvalue weighted by Crippen LogP contribution is -2.41. The SMILES string of the molecule is CCOC(=O)NNS(=O)(=O)c1ccc(F)c(F)c1. The predicted molar refractivity (Wildman–Crippen MR) is 56.8 cm³/mol. The molecule has 0 aliphatic rings. The molecule has 0 atom stereocenters. The van der Waals surface area contributed by atoms with Crippen molar-refractivity contribution in [3.05, 3.63) is 29.8 Å². The molecule has 0 saturated heterocycles. The van der Waals surface area contributed by atoms with E-state index in [4.69, 9.17) is 0 Å². The van der Waals surface area contributed by atoms with Gasteiger partial charge in [0.15, 0.2) is 11.6 Å². The minimum Gasteiger partial charge on any atom is -0.449 e. The Kier molecular flexibility index (Phi) is 4.56. The number of rotatable bonds is 4. The average molecular weight is 280 g/mol. The van der Waals surface area contributed by atoms with Crippen molar-refractivity contribution in [2.24, 2.45) is 0 Å². The number of carbonyl (C=O) groups excluding carboxylic acids is 1. The van der Waals surface area contributed by atoms with Crippen LogP contribution in [0.2, 0.25) is 0 Å². The third-order valence-electron chi connectivity index (χ3n) is 1.76. The summed E-state index contributed by atoms with van der Waals surface area (Å²) in [4.78, 5) is 12.0. The van der Waals surface area contributed by atoms with Crippen LogP contribution in [0.15, 0.2) is 23.1 Å². The first-order chi connectivity index (χ1) is 8.36. The van der Waals surface area contributed by atoms with E-state index in [0.29, 0.717) is 12.1 Å². The molecule has 18 heavy (non-hydrogen) atoms. The van der Waals surface area contributed by atoms with E-state index < -0.39 is 32.6 Å². The van der Waals surface area contributed by atoms with Crippen molar-refractivity contribution >= 4 is 16.1 Å². The zero-order chi connectivity index (χ0) is 13.8. The number of carbonyl (C=O) groups is 1. The first kappa shape index (κ1) is 14.3. The molecule has 0 fully saturated rings. The summed E-state index contributed by atoms with van der Waals surface area (Å²) in [7, 11) is -4.18. The maximum atomic E-state index is 12.8. The van der Waals surface area contributed by atoms with E-state index in [1.807, 2.05) is 0 Å². The number of hydrogen-bond acceptors (Lipinski definition) is 4. The molecule has 0 saturated carbocycles. The highest BCUT2D eigenvalue weighted by molar-refractivity contribution is 7.89. The van der Waals surface area contributed by atoms with Crippen LogP contribution in [0, 0.1) is 11.6 Å². The maximum absolute atomic E-state index is 12.8. The fourth-order valence-electron chi connectivity index (χ4n) is 0.979. The number of hydrazine groups is 1. The lowest BCUT2D eigenvalue weighted by atomic mass is 10.3. The van der Waals surface area contributed by atoms with Gasteiger partial charge in [-0.15, -0.1) is 4.83 Å². The first-order valence-electron chi connectivity index (χ1n) is 4.76. The second kappa shape index (κ2) is 5.74. The number of sulfonamides is 1. The van der Waals surface area contributed by atoms with Crippen LogP contribution in [0.25, 0.3) is 0 Å². The van der Waals surface area contributed by atoms with E-state index in [1.54, 1.807) is 10.3 Å². The van der Waals surface area contributed by atoms with Gasteiger partial charge in [0.05, 0.1) is 11.5 Å². The Labute approximate surface area is 102 Å². The second-order valence-corrected chi connectivity index (χ2v) is 4.71. The Morgan fingerprint density at radius 2 is 2.00 bits per heavy atom. The fraction of sp³-hybridized carbons (Fsp3) is 0.222. The average Bonchev–Trinajstić information content (AvgIpc) is 2.30. The van der Waals surface area contributed by atoms with Gasteiger partial charge in [-0.1, -0.05) is 0 Å². The summed E-state index contributed by atoms with van der Waals surface area (Å²) in [5.41, 5.74) is 1.74. The van der Waals surface area contributed by atoms with E-state index in [9.17, 15) is 22.0 Å². The fourth-order valence-corrected chi connectivity index (χ4v) is 1.82. The van der Waals surface area contributed by atoms with Crippen LogP contribution in [0.4, 0.5) is 13.6 Å². The van der Waals surface area contributed by atoms with Crippen molar-refractivity contribution < 1.29 is 26.7 Å². The van der Waals surface area contributed by atoms with Crippen molar-refractivity contribution in [2.75, 3.05) is 6.61 Å². The zero-order valence-electron chi connectivity index (χ0n) is 9.24. The van der Waals surface area contributed by atoms with E-state index in [1.165, 1.54) is 6.92 Å². The summed E-state index contributed by atoms with van der Waals surface area (Å²) in [5, 5.41) is 0. The number of halogens is 2. The zero-order valence-corrected chi connectivity index (χ0v) is 10.1. The number of benzene rings is 1. The van der Waals surface area contributed by atoms with Crippen LogP contribution < -0.4 is 10.3 Å². The third kappa shape index (κ3) is 3.64. The molecule has 2 N–H and O–H groups in total. The highest BCUT2D eigenvalue weighted by Gasteiger charge is 2.17. The summed E-state index contributed by atoms with van der Waals surface area (Å²) in [6.45, 7) is 1.59. The molecule has 1 amide bonds. The Hall–Kier alpha value is -1.74. The van der Waals surface area contributed by atoms with Gasteiger partial charge in [-0.2, -0.15) is 0 Å². The minimum absolute atomic E-state index is 0.0543. The van der Waals surface area contributed by atoms with Crippen molar-refractivity contribution in [1.82, 2.24) is 10.3 Å². The lowest BCUT2D eigenvalue weighted by molar-refractivity contribution is 0.150. The van der Waals surface area contributed by atoms with Gasteiger partial charge in [0.1, 0.15) is 0 Å². The summed E-state index contributed by atoms with van der Waals surface area (Å²) in [5.74, 6) is -2.48. The summed E-state index contributed by atoms with van der Waals surface area (Å²) >= 11 is 0. The molecule has 1 rings (SSSR count). The number of nitrogens with one attached hydrogen (secondary N) is 2. The summed E-state index contributed by atoms with van der Waals surface area (Å²) < 4.78 is 52.9. The Balaban J connectivity index is 2.80. The van der Waals surface area contributed by atoms with E-state index >= 15 is 0 Å². The Morgan fingerprint density at radius 1 is 1.33 bits per heavy atom. The van der Waals surface area contributed by atoms with Gasteiger partial charge in [0.25, 0.3) is 10.0 Å². The highest BCUT2D eigenvalue weighted by atomic mass is 32.2. The van der Waals surface area contributed by atoms with Crippen molar-refractivity contribution in [2.45, 2.75) is 11.8 Å². The summed E-state index contributed by atoms with van der Waals surface area (Å²) in [6, 6.07) is 2.01. The van der Waals surface area contributed by atoms with Gasteiger partial charge in [-0.05, 0) is 25.1 Å². The van der Waals surface area contributed by atoms with Gasteiger partial charge in [-0.25, -0.2) is 27.4 Å². The highest BCUT2D eigenvalue weighted by Crippen LogP contribution is 2.12. The van der Waals surface area contributed by atoms with Crippen molar-refractivity contribution in [3.63, 3.8) is 0 Å². The van der Waals surface area contributed by atoms with Gasteiger partial charge < -0.3 is 4.74 Å². The smallest absolute Gasteiger partial charge is 0.422 e. The van der Waals surface area contributed by atoms with Crippen LogP contribution in [0.5, 0.6) is 0 Å². The van der Waals surface area contributed by atoms with E-state index in [-0.39, 0.29) is 6.61 Å². The molecular formula is C9H10F2N2O4S. The van der Waals surface area contributed by atoms with Gasteiger partial charge in [0, 0.05) is 0 Å². The molecule has 0 aliphatic heterocycles. The van der Waals surface area contributed by atoms with Gasteiger partial charge in [0.2, 0.25) is 0 Å². The quantitative estimate of drug-likeness (QED) is 0.803. The van der Waals surface area contributed by atoms with Gasteiger partial charge >= 0.3 is 6.09 Å². The Morgan fingerprint density at radius 3 is 2.56 bits per heavy atom. The normalized spacial score (nSPS) is 11.1. The molecule has 1 aromatic rings. The molecule has 0 radical (unpaired) electrons. The second-order valence-electron chi connectivity index (χ2n) is 3.03. The summed E-state index contributed by atoms with van der Waals surface area (Å²) in [6.07, 6.45) is -1.01.